The predicted octanol–water partition coefficient (Wildman–Crippen LogP) is 0.617. The van der Waals surface area contributed by atoms with E-state index in [2.05, 4.69) is 19.7 Å². The standard InChI is InChI=1S/C12H18N5O7P/c1-7-4-17(12(19)14-11(7)18)10-3-8(15-16-13)9(24-10)5-23-25(20,21)6-22-2/h4,8-10H,3,5-6H2,1-2H3,(H,20,21)(H,14,18,19)/t8-,9+,10+/m0/s1. The molecule has 1 aliphatic rings. The summed E-state index contributed by atoms with van der Waals surface area (Å²) in [4.78, 5) is 37.8. The van der Waals surface area contributed by atoms with E-state index in [0.717, 1.165) is 0 Å². The first-order valence-corrected chi connectivity index (χ1v) is 9.00. The van der Waals surface area contributed by atoms with Crippen molar-refractivity contribution in [3.63, 3.8) is 0 Å². The van der Waals surface area contributed by atoms with Gasteiger partial charge in [0.05, 0.1) is 18.8 Å². The second-order valence-electron chi connectivity index (χ2n) is 5.47. The summed E-state index contributed by atoms with van der Waals surface area (Å²) in [5.41, 5.74) is 7.80. The molecule has 2 N–H and O–H groups in total. The van der Waals surface area contributed by atoms with Crippen molar-refractivity contribution in [3.8, 4) is 0 Å². The molecule has 1 aromatic heterocycles. The third kappa shape index (κ3) is 4.79. The van der Waals surface area contributed by atoms with E-state index in [-0.39, 0.29) is 13.0 Å². The number of hydrogen-bond acceptors (Lipinski definition) is 7. The second kappa shape index (κ2) is 7.96. The van der Waals surface area contributed by atoms with E-state index < -0.39 is 43.6 Å². The molecule has 13 heteroatoms. The van der Waals surface area contributed by atoms with Gasteiger partial charge < -0.3 is 18.9 Å². The summed E-state index contributed by atoms with van der Waals surface area (Å²) in [6.07, 6.45) is -0.661. The zero-order chi connectivity index (χ0) is 18.6. The third-order valence-electron chi connectivity index (χ3n) is 3.59. The molecule has 0 radical (unpaired) electrons. The number of H-pyrrole nitrogens is 1. The zero-order valence-corrected chi connectivity index (χ0v) is 14.5. The van der Waals surface area contributed by atoms with Crippen LogP contribution in [0.1, 0.15) is 18.2 Å². The lowest BCUT2D eigenvalue weighted by Gasteiger charge is -2.18. The molecule has 0 aromatic carbocycles. The molecule has 1 fully saturated rings. The van der Waals surface area contributed by atoms with Gasteiger partial charge in [0, 0.05) is 30.2 Å². The maximum Gasteiger partial charge on any atom is 0.353 e. The van der Waals surface area contributed by atoms with Gasteiger partial charge in [-0.2, -0.15) is 0 Å². The molecule has 2 rings (SSSR count). The minimum atomic E-state index is -3.96. The van der Waals surface area contributed by atoms with Crippen LogP contribution in [0.15, 0.2) is 20.9 Å². The SMILES string of the molecule is COCP(=O)(O)OC[C@H]1O[C@@H](n2cc(C)c(=O)[nH]c2=O)C[C@@H]1N=[N+]=[N-]. The van der Waals surface area contributed by atoms with Crippen molar-refractivity contribution < 1.29 is 23.5 Å². The van der Waals surface area contributed by atoms with Crippen LogP contribution in [0.2, 0.25) is 0 Å². The summed E-state index contributed by atoms with van der Waals surface area (Å²) in [7, 11) is -2.71. The monoisotopic (exact) mass is 375 g/mol. The summed E-state index contributed by atoms with van der Waals surface area (Å²) < 4.78 is 28.0. The predicted molar refractivity (Wildman–Crippen MR) is 85.2 cm³/mol. The van der Waals surface area contributed by atoms with Crippen LogP contribution in [-0.2, 0) is 18.6 Å². The van der Waals surface area contributed by atoms with E-state index in [9.17, 15) is 19.0 Å². The maximum absolute atomic E-state index is 11.9. The van der Waals surface area contributed by atoms with Gasteiger partial charge in [-0.15, -0.1) is 0 Å². The molecule has 0 spiro atoms. The third-order valence-corrected chi connectivity index (χ3v) is 4.73. The fourth-order valence-corrected chi connectivity index (χ4v) is 3.19. The summed E-state index contributed by atoms with van der Waals surface area (Å²) >= 11 is 0. The topological polar surface area (TPSA) is 169 Å². The average Bonchev–Trinajstić information content (AvgIpc) is 2.92. The maximum atomic E-state index is 11.9. The molecular weight excluding hydrogens is 357 g/mol. The van der Waals surface area contributed by atoms with Gasteiger partial charge in [0.1, 0.15) is 12.6 Å². The summed E-state index contributed by atoms with van der Waals surface area (Å²) in [6, 6.07) is -0.711. The average molecular weight is 375 g/mol. The van der Waals surface area contributed by atoms with E-state index >= 15 is 0 Å². The van der Waals surface area contributed by atoms with E-state index in [0.29, 0.717) is 5.56 Å². The molecule has 0 amide bonds. The lowest BCUT2D eigenvalue weighted by Crippen LogP contribution is -2.33. The van der Waals surface area contributed by atoms with Crippen LogP contribution >= 0.6 is 7.60 Å². The van der Waals surface area contributed by atoms with Crippen LogP contribution in [0, 0.1) is 6.92 Å². The molecule has 1 aliphatic heterocycles. The fourth-order valence-electron chi connectivity index (χ4n) is 2.41. The van der Waals surface area contributed by atoms with Gasteiger partial charge in [-0.3, -0.25) is 18.9 Å². The number of nitrogens with one attached hydrogen (secondary N) is 1. The Balaban J connectivity index is 2.19. The smallest absolute Gasteiger partial charge is 0.353 e. The van der Waals surface area contributed by atoms with Gasteiger partial charge >= 0.3 is 13.3 Å². The Morgan fingerprint density at radius 2 is 2.32 bits per heavy atom. The van der Waals surface area contributed by atoms with Crippen LogP contribution in [0.4, 0.5) is 0 Å². The molecule has 0 aliphatic carbocycles. The van der Waals surface area contributed by atoms with Crippen molar-refractivity contribution in [2.45, 2.75) is 31.7 Å². The Hall–Kier alpha value is -1.94. The molecule has 25 heavy (non-hydrogen) atoms. The zero-order valence-electron chi connectivity index (χ0n) is 13.6. The van der Waals surface area contributed by atoms with Crippen molar-refractivity contribution in [2.24, 2.45) is 5.11 Å². The molecule has 12 nitrogen and oxygen atoms in total. The second-order valence-corrected chi connectivity index (χ2v) is 7.26. The summed E-state index contributed by atoms with van der Waals surface area (Å²) in [5.74, 6) is 0. The highest BCUT2D eigenvalue weighted by Crippen LogP contribution is 2.43. The van der Waals surface area contributed by atoms with Crippen LogP contribution in [-0.4, -0.2) is 46.7 Å². The first-order chi connectivity index (χ1) is 11.8. The van der Waals surface area contributed by atoms with Gasteiger partial charge in [0.25, 0.3) is 5.56 Å². The Morgan fingerprint density at radius 3 is 2.96 bits per heavy atom. The van der Waals surface area contributed by atoms with Crippen LogP contribution in [0.25, 0.3) is 10.4 Å². The number of hydrogen-bond donors (Lipinski definition) is 2. The minimum Gasteiger partial charge on any atom is -0.372 e. The molecule has 1 unspecified atom stereocenters. The Labute approximate surface area is 141 Å². The van der Waals surface area contributed by atoms with E-state index in [1.54, 1.807) is 0 Å². The number of aromatic nitrogens is 2. The Kier molecular flexibility index (Phi) is 6.17. The summed E-state index contributed by atoms with van der Waals surface area (Å²) in [5, 5.41) is 3.58. The van der Waals surface area contributed by atoms with E-state index in [1.165, 1.54) is 24.8 Å². The number of ether oxygens (including phenoxy) is 2. The van der Waals surface area contributed by atoms with Crippen LogP contribution in [0.3, 0.4) is 0 Å². The van der Waals surface area contributed by atoms with Crippen molar-refractivity contribution in [1.82, 2.24) is 9.55 Å². The number of azide groups is 1. The first-order valence-electron chi connectivity index (χ1n) is 7.24. The first kappa shape index (κ1) is 19.4. The fraction of sp³-hybridized carbons (Fsp3) is 0.667. The van der Waals surface area contributed by atoms with Crippen molar-refractivity contribution in [1.29, 1.82) is 0 Å². The quantitative estimate of drug-likeness (QED) is 0.304. The largest absolute Gasteiger partial charge is 0.372 e. The van der Waals surface area contributed by atoms with Crippen molar-refractivity contribution in [3.05, 3.63) is 43.0 Å². The normalized spacial score (nSPS) is 25.3. The van der Waals surface area contributed by atoms with Crippen molar-refractivity contribution in [2.75, 3.05) is 20.1 Å². The highest BCUT2D eigenvalue weighted by atomic mass is 31.2. The van der Waals surface area contributed by atoms with Gasteiger partial charge in [-0.1, -0.05) is 5.11 Å². The highest BCUT2D eigenvalue weighted by Gasteiger charge is 2.37. The molecule has 1 aromatic rings. The minimum absolute atomic E-state index is 0.142. The van der Waals surface area contributed by atoms with Gasteiger partial charge in [-0.05, 0) is 12.5 Å². The number of methoxy groups -OCH3 is 1. The van der Waals surface area contributed by atoms with Crippen LogP contribution in [0.5, 0.6) is 0 Å². The van der Waals surface area contributed by atoms with E-state index in [4.69, 9.17) is 14.8 Å². The number of nitrogens with zero attached hydrogens (tertiary/aromatic N) is 4. The molecule has 0 saturated carbocycles. The lowest BCUT2D eigenvalue weighted by molar-refractivity contribution is -0.0247. The van der Waals surface area contributed by atoms with Gasteiger partial charge in [0.2, 0.25) is 0 Å². The lowest BCUT2D eigenvalue weighted by atomic mass is 10.1. The Morgan fingerprint density at radius 1 is 1.60 bits per heavy atom. The molecule has 0 bridgehead atoms. The highest BCUT2D eigenvalue weighted by molar-refractivity contribution is 7.52. The van der Waals surface area contributed by atoms with Gasteiger partial charge in [0.15, 0.2) is 0 Å². The molecule has 1 saturated heterocycles. The van der Waals surface area contributed by atoms with Gasteiger partial charge in [-0.25, -0.2) is 4.79 Å². The number of aromatic amines is 1. The summed E-state index contributed by atoms with van der Waals surface area (Å²) in [6.45, 7) is 1.20. The molecule has 2 heterocycles. The number of rotatable bonds is 7. The molecular formula is C12H18N5O7P. The molecule has 138 valence electrons. The van der Waals surface area contributed by atoms with Crippen LogP contribution < -0.4 is 11.2 Å². The van der Waals surface area contributed by atoms with E-state index in [1.807, 2.05) is 0 Å². The number of aryl methyl sites for hydroxylation is 1. The Bertz CT molecular complexity index is 830. The molecule has 4 atom stereocenters. The van der Waals surface area contributed by atoms with Crippen molar-refractivity contribution >= 4 is 7.60 Å².